The van der Waals surface area contributed by atoms with Gasteiger partial charge >= 0.3 is 0 Å². The summed E-state index contributed by atoms with van der Waals surface area (Å²) in [6, 6.07) is 7.73. The van der Waals surface area contributed by atoms with Crippen molar-refractivity contribution in [1.29, 1.82) is 5.26 Å². The van der Waals surface area contributed by atoms with E-state index in [4.69, 9.17) is 16.9 Å². The van der Waals surface area contributed by atoms with Crippen LogP contribution in [0.5, 0.6) is 0 Å². The van der Waals surface area contributed by atoms with E-state index in [1.807, 2.05) is 24.8 Å². The molecule has 100 valence electrons. The van der Waals surface area contributed by atoms with Crippen molar-refractivity contribution in [3.8, 4) is 6.07 Å². The zero-order valence-electron chi connectivity index (χ0n) is 11.2. The number of hydrogen-bond acceptors (Lipinski definition) is 2. The predicted molar refractivity (Wildman–Crippen MR) is 75.0 cm³/mol. The quantitative estimate of drug-likeness (QED) is 0.789. The average Bonchev–Trinajstić information content (AvgIpc) is 2.42. The van der Waals surface area contributed by atoms with Gasteiger partial charge in [-0.15, -0.1) is 0 Å². The second-order valence-corrected chi connectivity index (χ2v) is 5.78. The fourth-order valence-electron chi connectivity index (χ4n) is 2.32. The summed E-state index contributed by atoms with van der Waals surface area (Å²) in [6.07, 6.45) is 1.46. The van der Waals surface area contributed by atoms with Crippen molar-refractivity contribution < 1.29 is 4.79 Å². The first-order valence-electron chi connectivity index (χ1n) is 6.42. The van der Waals surface area contributed by atoms with Gasteiger partial charge in [0.05, 0.1) is 11.5 Å². The molecule has 0 bridgehead atoms. The number of amides is 1. The highest BCUT2D eigenvalue weighted by molar-refractivity contribution is 6.31. The van der Waals surface area contributed by atoms with Crippen molar-refractivity contribution in [2.24, 2.45) is 5.41 Å². The highest BCUT2D eigenvalue weighted by Crippen LogP contribution is 2.31. The van der Waals surface area contributed by atoms with Crippen LogP contribution in [0.15, 0.2) is 18.2 Å². The van der Waals surface area contributed by atoms with Crippen molar-refractivity contribution in [2.45, 2.75) is 26.7 Å². The van der Waals surface area contributed by atoms with Gasteiger partial charge in [0, 0.05) is 23.7 Å². The van der Waals surface area contributed by atoms with Crippen LogP contribution in [0.3, 0.4) is 0 Å². The second-order valence-electron chi connectivity index (χ2n) is 5.38. The van der Waals surface area contributed by atoms with Crippen LogP contribution in [0, 0.1) is 23.7 Å². The first-order chi connectivity index (χ1) is 8.97. The third-order valence-corrected chi connectivity index (χ3v) is 4.33. The van der Waals surface area contributed by atoms with Crippen LogP contribution in [-0.2, 0) is 0 Å². The van der Waals surface area contributed by atoms with Crippen LogP contribution >= 0.6 is 11.6 Å². The van der Waals surface area contributed by atoms with Crippen molar-refractivity contribution in [2.75, 3.05) is 13.1 Å². The van der Waals surface area contributed by atoms with Crippen molar-refractivity contribution in [1.82, 2.24) is 4.90 Å². The maximum absolute atomic E-state index is 12.5. The highest BCUT2D eigenvalue weighted by atomic mass is 35.5. The molecule has 0 unspecified atom stereocenters. The van der Waals surface area contributed by atoms with Gasteiger partial charge in [0.1, 0.15) is 0 Å². The Morgan fingerprint density at radius 3 is 2.63 bits per heavy atom. The minimum atomic E-state index is -0.292. The summed E-state index contributed by atoms with van der Waals surface area (Å²) >= 11 is 6.05. The molecule has 1 aliphatic rings. The number of nitriles is 1. The van der Waals surface area contributed by atoms with Gasteiger partial charge in [-0.25, -0.2) is 0 Å². The van der Waals surface area contributed by atoms with Gasteiger partial charge in [-0.2, -0.15) is 5.26 Å². The van der Waals surface area contributed by atoms with E-state index in [2.05, 4.69) is 6.07 Å². The molecule has 0 spiro atoms. The minimum Gasteiger partial charge on any atom is -0.339 e. The van der Waals surface area contributed by atoms with Gasteiger partial charge in [0.2, 0.25) is 0 Å². The van der Waals surface area contributed by atoms with Crippen LogP contribution in [0.25, 0.3) is 0 Å². The van der Waals surface area contributed by atoms with Crippen LogP contribution in [0.2, 0.25) is 5.02 Å². The second kappa shape index (κ2) is 5.22. The third-order valence-electron chi connectivity index (χ3n) is 3.92. The van der Waals surface area contributed by atoms with Crippen LogP contribution < -0.4 is 0 Å². The standard InChI is InChI=1S/C15H17ClN2O/c1-11-12(4-3-5-13(11)16)14(19)18-8-6-15(2,10-17)7-9-18/h3-5H,6-9H2,1-2H3. The molecule has 0 saturated carbocycles. The Labute approximate surface area is 118 Å². The Balaban J connectivity index is 2.15. The molecule has 4 heteroatoms. The number of hydrogen-bond donors (Lipinski definition) is 0. The summed E-state index contributed by atoms with van der Waals surface area (Å²) in [4.78, 5) is 14.3. The zero-order chi connectivity index (χ0) is 14.0. The number of likely N-dealkylation sites (tertiary alicyclic amines) is 1. The fraction of sp³-hybridized carbons (Fsp3) is 0.467. The van der Waals surface area contributed by atoms with E-state index in [0.717, 1.165) is 18.4 Å². The molecule has 1 fully saturated rings. The van der Waals surface area contributed by atoms with Crippen molar-refractivity contribution in [3.05, 3.63) is 34.3 Å². The lowest BCUT2D eigenvalue weighted by molar-refractivity contribution is 0.0661. The summed E-state index contributed by atoms with van der Waals surface area (Å²) < 4.78 is 0. The van der Waals surface area contributed by atoms with Crippen LogP contribution in [-0.4, -0.2) is 23.9 Å². The van der Waals surface area contributed by atoms with Crippen LogP contribution in [0.1, 0.15) is 35.7 Å². The van der Waals surface area contributed by atoms with E-state index in [1.54, 1.807) is 12.1 Å². The van der Waals surface area contributed by atoms with Gasteiger partial charge in [0.25, 0.3) is 5.91 Å². The van der Waals surface area contributed by atoms with E-state index < -0.39 is 0 Å². The zero-order valence-corrected chi connectivity index (χ0v) is 12.0. The lowest BCUT2D eigenvalue weighted by Crippen LogP contribution is -2.41. The monoisotopic (exact) mass is 276 g/mol. The fourth-order valence-corrected chi connectivity index (χ4v) is 2.50. The lowest BCUT2D eigenvalue weighted by Gasteiger charge is -2.35. The number of carbonyl (C=O) groups excluding carboxylic acids is 1. The minimum absolute atomic E-state index is 0.0139. The maximum atomic E-state index is 12.5. The topological polar surface area (TPSA) is 44.1 Å². The Morgan fingerprint density at radius 2 is 2.05 bits per heavy atom. The molecule has 19 heavy (non-hydrogen) atoms. The van der Waals surface area contributed by atoms with E-state index in [1.165, 1.54) is 0 Å². The lowest BCUT2D eigenvalue weighted by atomic mass is 9.82. The maximum Gasteiger partial charge on any atom is 0.254 e. The molecular formula is C15H17ClN2O. The predicted octanol–water partition coefficient (Wildman–Crippen LogP) is 3.41. The summed E-state index contributed by atoms with van der Waals surface area (Å²) in [5.41, 5.74) is 1.19. The number of nitrogens with zero attached hydrogens (tertiary/aromatic N) is 2. The molecule has 0 radical (unpaired) electrons. The molecule has 3 nitrogen and oxygen atoms in total. The van der Waals surface area contributed by atoms with Crippen molar-refractivity contribution in [3.63, 3.8) is 0 Å². The van der Waals surface area contributed by atoms with Crippen LogP contribution in [0.4, 0.5) is 0 Å². The first kappa shape index (κ1) is 13.9. The van der Waals surface area contributed by atoms with E-state index >= 15 is 0 Å². The largest absolute Gasteiger partial charge is 0.339 e. The Kier molecular flexibility index (Phi) is 3.82. The summed E-state index contributed by atoms with van der Waals surface area (Å²) in [5, 5.41) is 9.72. The number of carbonyl (C=O) groups is 1. The average molecular weight is 277 g/mol. The highest BCUT2D eigenvalue weighted by Gasteiger charge is 2.32. The number of benzene rings is 1. The van der Waals surface area contributed by atoms with Crippen molar-refractivity contribution >= 4 is 17.5 Å². The molecule has 1 aliphatic heterocycles. The van der Waals surface area contributed by atoms with Gasteiger partial charge in [-0.1, -0.05) is 17.7 Å². The summed E-state index contributed by atoms with van der Waals surface area (Å²) in [7, 11) is 0. The Hall–Kier alpha value is -1.53. The smallest absolute Gasteiger partial charge is 0.254 e. The molecule has 1 saturated heterocycles. The van der Waals surface area contributed by atoms with Gasteiger partial charge in [-0.3, -0.25) is 4.79 Å². The van der Waals surface area contributed by atoms with E-state index in [-0.39, 0.29) is 11.3 Å². The molecule has 2 rings (SSSR count). The summed E-state index contributed by atoms with van der Waals surface area (Å²) in [6.45, 7) is 5.09. The number of rotatable bonds is 1. The Bertz CT molecular complexity index is 540. The number of piperidine rings is 1. The molecular weight excluding hydrogens is 260 g/mol. The number of halogens is 1. The Morgan fingerprint density at radius 1 is 1.42 bits per heavy atom. The van der Waals surface area contributed by atoms with Gasteiger partial charge in [-0.05, 0) is 44.4 Å². The normalized spacial score (nSPS) is 17.9. The molecule has 0 aromatic heterocycles. The first-order valence-corrected chi connectivity index (χ1v) is 6.80. The molecule has 0 atom stereocenters. The molecule has 0 N–H and O–H groups in total. The van der Waals surface area contributed by atoms with Gasteiger partial charge < -0.3 is 4.90 Å². The molecule has 1 heterocycles. The van der Waals surface area contributed by atoms with Gasteiger partial charge in [0.15, 0.2) is 0 Å². The molecule has 1 aromatic rings. The molecule has 1 aromatic carbocycles. The van der Waals surface area contributed by atoms with E-state index in [9.17, 15) is 4.79 Å². The van der Waals surface area contributed by atoms with E-state index in [0.29, 0.717) is 23.7 Å². The third kappa shape index (κ3) is 2.74. The summed E-state index contributed by atoms with van der Waals surface area (Å²) in [5.74, 6) is 0.0139. The molecule has 1 amide bonds. The molecule has 0 aliphatic carbocycles. The SMILES string of the molecule is Cc1c(Cl)cccc1C(=O)N1CCC(C)(C#N)CC1.